The van der Waals surface area contributed by atoms with Gasteiger partial charge in [0, 0.05) is 12.5 Å². The minimum Gasteiger partial charge on any atom is -0.493 e. The molecule has 3 atom stereocenters. The summed E-state index contributed by atoms with van der Waals surface area (Å²) in [6.07, 6.45) is 0.0883. The number of hydrogen-bond acceptors (Lipinski definition) is 3. The predicted molar refractivity (Wildman–Crippen MR) is 100 cm³/mol. The summed E-state index contributed by atoms with van der Waals surface area (Å²) in [5.41, 5.74) is -0.0671. The second-order valence-corrected chi connectivity index (χ2v) is 8.02. The van der Waals surface area contributed by atoms with Crippen molar-refractivity contribution in [2.45, 2.75) is 42.6 Å². The first-order valence-corrected chi connectivity index (χ1v) is 9.65. The average molecular weight is 494 g/mol. The molecule has 0 heterocycles. The molecule has 1 aromatic rings. The summed E-state index contributed by atoms with van der Waals surface area (Å²) in [5.74, 6) is -0.219. The van der Waals surface area contributed by atoms with Crippen molar-refractivity contribution < 1.29 is 32.5 Å². The topological polar surface area (TPSA) is 55.8 Å². The quantitative estimate of drug-likeness (QED) is 0.447. The molecule has 4 nitrogen and oxygen atoms in total. The van der Waals surface area contributed by atoms with Gasteiger partial charge in [0.1, 0.15) is 30.1 Å². The van der Waals surface area contributed by atoms with Crippen molar-refractivity contribution in [3.05, 3.63) is 58.6 Å². The molecule has 1 N–H and O–H groups in total. The van der Waals surface area contributed by atoms with Gasteiger partial charge in [0.2, 0.25) is 0 Å². The van der Waals surface area contributed by atoms with Crippen LogP contribution in [0.25, 0.3) is 0 Å². The van der Waals surface area contributed by atoms with E-state index in [1.165, 1.54) is 13.0 Å². The van der Waals surface area contributed by atoms with Gasteiger partial charge < -0.3 is 14.6 Å². The summed E-state index contributed by atoms with van der Waals surface area (Å²) < 4.78 is 50.3. The van der Waals surface area contributed by atoms with Gasteiger partial charge in [0.05, 0.1) is 9.49 Å². The second kappa shape index (κ2) is 7.73. The molecular formula is C19H18F3IO4. The summed E-state index contributed by atoms with van der Waals surface area (Å²) in [4.78, 5) is 11.0. The van der Waals surface area contributed by atoms with Crippen molar-refractivity contribution in [3.8, 4) is 0 Å². The third kappa shape index (κ3) is 4.77. The Labute approximate surface area is 168 Å². The third-order valence-electron chi connectivity index (χ3n) is 4.49. The summed E-state index contributed by atoms with van der Waals surface area (Å²) in [5, 5.41) is 9.06. The Hall–Kier alpha value is -1.71. The molecule has 0 radical (unpaired) electrons. The Morgan fingerprint density at radius 3 is 2.74 bits per heavy atom. The molecule has 0 aromatic heterocycles. The molecule has 0 saturated heterocycles. The largest absolute Gasteiger partial charge is 0.493 e. The second-order valence-electron chi connectivity index (χ2n) is 6.58. The van der Waals surface area contributed by atoms with Crippen LogP contribution in [0.3, 0.4) is 0 Å². The highest BCUT2D eigenvalue weighted by Gasteiger charge is 2.56. The summed E-state index contributed by atoms with van der Waals surface area (Å²) in [6.45, 7) is 1.43. The van der Waals surface area contributed by atoms with Crippen LogP contribution in [-0.4, -0.2) is 21.1 Å². The molecule has 1 fully saturated rings. The first kappa shape index (κ1) is 20.0. The van der Waals surface area contributed by atoms with E-state index in [2.05, 4.69) is 22.6 Å². The molecule has 27 heavy (non-hydrogen) atoms. The van der Waals surface area contributed by atoms with Crippen molar-refractivity contribution in [1.82, 2.24) is 0 Å². The van der Waals surface area contributed by atoms with E-state index in [1.807, 2.05) is 6.08 Å². The van der Waals surface area contributed by atoms with Crippen molar-refractivity contribution in [1.29, 1.82) is 0 Å². The number of allylic oxidation sites excluding steroid dienone is 3. The normalized spacial score (nSPS) is 24.7. The number of ether oxygens (including phenoxy) is 2. The number of alkyl halides is 4. The Morgan fingerprint density at radius 1 is 1.37 bits per heavy atom. The molecule has 0 spiro atoms. The number of carboxylic acid groups (broad SMARTS) is 1. The van der Waals surface area contributed by atoms with E-state index < -0.39 is 23.6 Å². The molecule has 0 unspecified atom stereocenters. The number of benzene rings is 1. The van der Waals surface area contributed by atoms with Crippen LogP contribution in [0.1, 0.15) is 29.5 Å². The van der Waals surface area contributed by atoms with Gasteiger partial charge in [-0.2, -0.15) is 13.2 Å². The Balaban J connectivity index is 1.61. The van der Waals surface area contributed by atoms with Gasteiger partial charge in [-0.1, -0.05) is 34.7 Å². The number of aryl methyl sites for hydroxylation is 1. The third-order valence-corrected chi connectivity index (χ3v) is 5.98. The molecule has 2 aliphatic rings. The summed E-state index contributed by atoms with van der Waals surface area (Å²) in [7, 11) is 0. The monoisotopic (exact) mass is 494 g/mol. The summed E-state index contributed by atoms with van der Waals surface area (Å²) in [6, 6.07) is 4.14. The molecule has 0 aliphatic heterocycles. The van der Waals surface area contributed by atoms with Crippen LogP contribution in [0, 0.1) is 12.8 Å². The standard InChI is InChI=1S/C19H18F3IO4/c1-10-5-6-11(7-14(10)19(20,21)22)9-26-12-3-2-4-13(8-12)27-17-15(16(17)23)18(24)25/h3,5-8,15-17H,2,4,9H2,1H3,(H,24,25)/t15-,16-,17+/m1/s1. The zero-order valence-corrected chi connectivity index (χ0v) is 16.6. The van der Waals surface area contributed by atoms with Crippen LogP contribution in [0.5, 0.6) is 0 Å². The average Bonchev–Trinajstić information content (AvgIpc) is 3.23. The minimum absolute atomic E-state index is 0.00899. The molecule has 1 saturated carbocycles. The number of hydrogen-bond donors (Lipinski definition) is 1. The zero-order chi connectivity index (χ0) is 19.8. The Bertz CT molecular complexity index is 801. The van der Waals surface area contributed by atoms with Crippen LogP contribution in [0.2, 0.25) is 0 Å². The van der Waals surface area contributed by atoms with Crippen LogP contribution in [0.4, 0.5) is 13.2 Å². The van der Waals surface area contributed by atoms with E-state index in [0.29, 0.717) is 29.9 Å². The van der Waals surface area contributed by atoms with Crippen LogP contribution in [-0.2, 0) is 27.1 Å². The molecule has 0 bridgehead atoms. The minimum atomic E-state index is -4.40. The SMILES string of the molecule is Cc1ccc(COC2=CCCC(O[C@@H]3[C@H](I)[C@H]3C(=O)O)=C2)cc1C(F)(F)F. The highest BCUT2D eigenvalue weighted by molar-refractivity contribution is 14.1. The van der Waals surface area contributed by atoms with Gasteiger partial charge in [0.25, 0.3) is 0 Å². The molecule has 0 amide bonds. The maximum atomic E-state index is 13.0. The fourth-order valence-corrected chi connectivity index (χ4v) is 3.98. The lowest BCUT2D eigenvalue weighted by atomic mass is 10.0. The maximum Gasteiger partial charge on any atom is 0.416 e. The molecule has 146 valence electrons. The first-order chi connectivity index (χ1) is 12.7. The van der Waals surface area contributed by atoms with Crippen molar-refractivity contribution in [3.63, 3.8) is 0 Å². The van der Waals surface area contributed by atoms with Gasteiger partial charge in [-0.25, -0.2) is 0 Å². The molecule has 2 aliphatic carbocycles. The van der Waals surface area contributed by atoms with E-state index in [4.69, 9.17) is 14.6 Å². The van der Waals surface area contributed by atoms with Gasteiger partial charge in [-0.05, 0) is 36.6 Å². The van der Waals surface area contributed by atoms with Crippen LogP contribution >= 0.6 is 22.6 Å². The van der Waals surface area contributed by atoms with Crippen molar-refractivity contribution in [2.24, 2.45) is 5.92 Å². The first-order valence-electron chi connectivity index (χ1n) is 8.40. The Kier molecular flexibility index (Phi) is 5.73. The van der Waals surface area contributed by atoms with Gasteiger partial charge in [-0.3, -0.25) is 4.79 Å². The molecule has 1 aromatic carbocycles. The highest BCUT2D eigenvalue weighted by atomic mass is 127. The maximum absolute atomic E-state index is 13.0. The number of carboxylic acids is 1. The van der Waals surface area contributed by atoms with Gasteiger partial charge in [-0.15, -0.1) is 0 Å². The van der Waals surface area contributed by atoms with Crippen LogP contribution in [0.15, 0.2) is 41.9 Å². The fourth-order valence-electron chi connectivity index (χ4n) is 2.91. The van der Waals surface area contributed by atoms with E-state index in [0.717, 1.165) is 6.07 Å². The lowest BCUT2D eigenvalue weighted by Gasteiger charge is -2.17. The fraction of sp³-hybridized carbons (Fsp3) is 0.421. The lowest BCUT2D eigenvalue weighted by molar-refractivity contribution is -0.139. The molecule has 3 rings (SSSR count). The van der Waals surface area contributed by atoms with Crippen molar-refractivity contribution >= 4 is 28.6 Å². The van der Waals surface area contributed by atoms with Crippen LogP contribution < -0.4 is 0 Å². The van der Waals surface area contributed by atoms with E-state index in [9.17, 15) is 18.0 Å². The smallest absolute Gasteiger partial charge is 0.416 e. The number of halogens is 4. The molecular weight excluding hydrogens is 476 g/mol. The van der Waals surface area contributed by atoms with E-state index >= 15 is 0 Å². The number of aliphatic carboxylic acids is 1. The van der Waals surface area contributed by atoms with Crippen molar-refractivity contribution in [2.75, 3.05) is 0 Å². The number of rotatable bonds is 6. The number of carbonyl (C=O) groups is 1. The van der Waals surface area contributed by atoms with E-state index in [-0.39, 0.29) is 22.2 Å². The lowest BCUT2D eigenvalue weighted by Crippen LogP contribution is -2.09. The van der Waals surface area contributed by atoms with Gasteiger partial charge in [0.15, 0.2) is 0 Å². The summed E-state index contributed by atoms with van der Waals surface area (Å²) >= 11 is 2.06. The highest BCUT2D eigenvalue weighted by Crippen LogP contribution is 2.44. The van der Waals surface area contributed by atoms with Gasteiger partial charge >= 0.3 is 12.1 Å². The zero-order valence-electron chi connectivity index (χ0n) is 14.4. The molecule has 8 heteroatoms. The van der Waals surface area contributed by atoms with E-state index in [1.54, 1.807) is 12.1 Å². The Morgan fingerprint density at radius 2 is 2.11 bits per heavy atom. The predicted octanol–water partition coefficient (Wildman–Crippen LogP) is 5.00.